The number of hydrogen-bond donors (Lipinski definition) is 0. The Balaban J connectivity index is 2.75. The number of halogens is 4. The van der Waals surface area contributed by atoms with Gasteiger partial charge in [-0.05, 0) is 17.7 Å². The van der Waals surface area contributed by atoms with Crippen LogP contribution in [0.2, 0.25) is 0 Å². The SMILES string of the molecule is FC(F)(F)C=Cc1ccc(Br)cc1. The molecule has 0 aromatic heterocycles. The molecule has 0 aliphatic rings. The zero-order valence-corrected chi connectivity index (χ0v) is 8.06. The van der Waals surface area contributed by atoms with Crippen LogP contribution in [0.3, 0.4) is 0 Å². The lowest BCUT2D eigenvalue weighted by molar-refractivity contribution is -0.0790. The molecule has 0 amide bonds. The highest BCUT2D eigenvalue weighted by Gasteiger charge is 2.21. The Morgan fingerprint density at radius 2 is 1.62 bits per heavy atom. The molecule has 4 heteroatoms. The third-order valence-corrected chi connectivity index (χ3v) is 1.86. The van der Waals surface area contributed by atoms with Crippen molar-refractivity contribution in [3.05, 3.63) is 40.4 Å². The van der Waals surface area contributed by atoms with Crippen LogP contribution in [0.15, 0.2) is 34.8 Å². The maximum Gasteiger partial charge on any atom is 0.409 e. The lowest BCUT2D eigenvalue weighted by Gasteiger charge is -1.97. The molecule has 13 heavy (non-hydrogen) atoms. The summed E-state index contributed by atoms with van der Waals surface area (Å²) in [6, 6.07) is 6.59. The summed E-state index contributed by atoms with van der Waals surface area (Å²) in [6.45, 7) is 0. The highest BCUT2D eigenvalue weighted by molar-refractivity contribution is 9.10. The van der Waals surface area contributed by atoms with Crippen molar-refractivity contribution in [2.45, 2.75) is 6.18 Å². The second-order valence-corrected chi connectivity index (χ2v) is 3.34. The Hall–Kier alpha value is -0.770. The summed E-state index contributed by atoms with van der Waals surface area (Å²) in [5.74, 6) is 0. The summed E-state index contributed by atoms with van der Waals surface area (Å²) in [5.41, 5.74) is 0.528. The van der Waals surface area contributed by atoms with E-state index in [0.29, 0.717) is 5.56 Å². The van der Waals surface area contributed by atoms with Gasteiger partial charge in [-0.3, -0.25) is 0 Å². The first kappa shape index (κ1) is 10.3. The lowest BCUT2D eigenvalue weighted by atomic mass is 10.2. The van der Waals surface area contributed by atoms with E-state index in [9.17, 15) is 13.2 Å². The summed E-state index contributed by atoms with van der Waals surface area (Å²) >= 11 is 3.19. The van der Waals surface area contributed by atoms with Gasteiger partial charge in [0.05, 0.1) is 0 Å². The van der Waals surface area contributed by atoms with E-state index in [1.165, 1.54) is 0 Å². The summed E-state index contributed by atoms with van der Waals surface area (Å²) < 4.78 is 36.0. The minimum Gasteiger partial charge on any atom is -0.167 e. The van der Waals surface area contributed by atoms with Crippen molar-refractivity contribution < 1.29 is 13.2 Å². The fraction of sp³-hybridized carbons (Fsp3) is 0.111. The summed E-state index contributed by atoms with van der Waals surface area (Å²) in [5, 5.41) is 0. The largest absolute Gasteiger partial charge is 0.409 e. The molecule has 0 fully saturated rings. The van der Waals surface area contributed by atoms with E-state index in [2.05, 4.69) is 15.9 Å². The molecule has 0 saturated carbocycles. The van der Waals surface area contributed by atoms with Crippen molar-refractivity contribution in [1.29, 1.82) is 0 Å². The molecule has 0 aliphatic carbocycles. The fourth-order valence-corrected chi connectivity index (χ4v) is 1.03. The average molecular weight is 251 g/mol. The van der Waals surface area contributed by atoms with Crippen molar-refractivity contribution in [3.8, 4) is 0 Å². The van der Waals surface area contributed by atoms with E-state index in [-0.39, 0.29) is 6.08 Å². The van der Waals surface area contributed by atoms with E-state index in [0.717, 1.165) is 10.5 Å². The van der Waals surface area contributed by atoms with E-state index < -0.39 is 6.18 Å². The maximum absolute atomic E-state index is 11.7. The topological polar surface area (TPSA) is 0 Å². The number of benzene rings is 1. The Morgan fingerprint density at radius 1 is 1.08 bits per heavy atom. The highest BCUT2D eigenvalue weighted by Crippen LogP contribution is 2.18. The molecule has 70 valence electrons. The monoisotopic (exact) mass is 250 g/mol. The molecule has 0 bridgehead atoms. The Morgan fingerprint density at radius 3 is 2.08 bits per heavy atom. The molecule has 0 saturated heterocycles. The molecule has 1 rings (SSSR count). The van der Waals surface area contributed by atoms with Gasteiger partial charge in [0.25, 0.3) is 0 Å². The van der Waals surface area contributed by atoms with Gasteiger partial charge < -0.3 is 0 Å². The van der Waals surface area contributed by atoms with Crippen LogP contribution in [0.5, 0.6) is 0 Å². The first-order valence-electron chi connectivity index (χ1n) is 3.49. The molecule has 0 nitrogen and oxygen atoms in total. The van der Waals surface area contributed by atoms with Crippen molar-refractivity contribution in [2.75, 3.05) is 0 Å². The molecular weight excluding hydrogens is 245 g/mol. The van der Waals surface area contributed by atoms with E-state index in [1.807, 2.05) is 0 Å². The third kappa shape index (κ3) is 4.12. The molecule has 1 aromatic rings. The Kier molecular flexibility index (Phi) is 3.14. The van der Waals surface area contributed by atoms with E-state index >= 15 is 0 Å². The average Bonchev–Trinajstić information content (AvgIpc) is 2.02. The van der Waals surface area contributed by atoms with Gasteiger partial charge in [-0.25, -0.2) is 0 Å². The van der Waals surface area contributed by atoms with E-state index in [4.69, 9.17) is 0 Å². The Bertz CT molecular complexity index is 298. The van der Waals surface area contributed by atoms with Gasteiger partial charge in [0.15, 0.2) is 0 Å². The van der Waals surface area contributed by atoms with Crippen molar-refractivity contribution in [3.63, 3.8) is 0 Å². The first-order chi connectivity index (χ1) is 5.97. The number of hydrogen-bond acceptors (Lipinski definition) is 0. The zero-order valence-electron chi connectivity index (χ0n) is 6.48. The standard InChI is InChI=1S/C9H6BrF3/c10-8-3-1-7(2-4-8)5-6-9(11,12)13/h1-6H. The minimum absolute atomic E-state index is 0.218. The molecule has 0 N–H and O–H groups in total. The van der Waals surface area contributed by atoms with Gasteiger partial charge in [0.2, 0.25) is 0 Å². The van der Waals surface area contributed by atoms with Crippen LogP contribution in [0.4, 0.5) is 13.2 Å². The predicted octanol–water partition coefficient (Wildman–Crippen LogP) is 4.02. The maximum atomic E-state index is 11.7. The lowest BCUT2D eigenvalue weighted by Crippen LogP contribution is -1.99. The molecule has 0 heterocycles. The predicted molar refractivity (Wildman–Crippen MR) is 49.2 cm³/mol. The van der Waals surface area contributed by atoms with Crippen LogP contribution in [0.1, 0.15) is 5.56 Å². The normalized spacial score (nSPS) is 12.3. The molecule has 0 spiro atoms. The first-order valence-corrected chi connectivity index (χ1v) is 4.28. The molecule has 0 aliphatic heterocycles. The van der Waals surface area contributed by atoms with Gasteiger partial charge in [0.1, 0.15) is 0 Å². The van der Waals surface area contributed by atoms with Crippen molar-refractivity contribution >= 4 is 22.0 Å². The summed E-state index contributed by atoms with van der Waals surface area (Å²) in [7, 11) is 0. The molecule has 0 radical (unpaired) electrons. The second kappa shape index (κ2) is 3.96. The summed E-state index contributed by atoms with van der Waals surface area (Å²) in [4.78, 5) is 0. The fourth-order valence-electron chi connectivity index (χ4n) is 0.765. The van der Waals surface area contributed by atoms with Gasteiger partial charge in [-0.15, -0.1) is 0 Å². The third-order valence-electron chi connectivity index (χ3n) is 1.33. The molecule has 0 unspecified atom stereocenters. The number of allylic oxidation sites excluding steroid dienone is 1. The van der Waals surface area contributed by atoms with Crippen molar-refractivity contribution in [1.82, 2.24) is 0 Å². The zero-order chi connectivity index (χ0) is 9.90. The van der Waals surface area contributed by atoms with Gasteiger partial charge >= 0.3 is 6.18 Å². The number of alkyl halides is 3. The summed E-state index contributed by atoms with van der Waals surface area (Å²) in [6.07, 6.45) is -2.99. The molecular formula is C9H6BrF3. The Labute approximate surface area is 82.2 Å². The number of rotatable bonds is 1. The van der Waals surface area contributed by atoms with Crippen LogP contribution in [0.25, 0.3) is 6.08 Å². The molecule has 0 atom stereocenters. The van der Waals surface area contributed by atoms with Gasteiger partial charge in [-0.1, -0.05) is 34.1 Å². The van der Waals surface area contributed by atoms with Crippen LogP contribution >= 0.6 is 15.9 Å². The van der Waals surface area contributed by atoms with E-state index in [1.54, 1.807) is 24.3 Å². The second-order valence-electron chi connectivity index (χ2n) is 2.43. The quantitative estimate of drug-likeness (QED) is 0.706. The smallest absolute Gasteiger partial charge is 0.167 e. The molecule has 1 aromatic carbocycles. The highest BCUT2D eigenvalue weighted by atomic mass is 79.9. The van der Waals surface area contributed by atoms with Crippen LogP contribution in [-0.4, -0.2) is 6.18 Å². The van der Waals surface area contributed by atoms with Crippen LogP contribution in [-0.2, 0) is 0 Å². The van der Waals surface area contributed by atoms with Gasteiger partial charge in [-0.2, -0.15) is 13.2 Å². The minimum atomic E-state index is -4.24. The van der Waals surface area contributed by atoms with Crippen LogP contribution < -0.4 is 0 Å². The van der Waals surface area contributed by atoms with Gasteiger partial charge in [0, 0.05) is 10.5 Å². The van der Waals surface area contributed by atoms with Crippen molar-refractivity contribution in [2.24, 2.45) is 0 Å². The van der Waals surface area contributed by atoms with Crippen LogP contribution in [0, 0.1) is 0 Å².